The molecule has 0 N–H and O–H groups in total. The van der Waals surface area contributed by atoms with Gasteiger partial charge in [-0.3, -0.25) is 0 Å². The first-order chi connectivity index (χ1) is 15.6. The first kappa shape index (κ1) is 21.8. The van der Waals surface area contributed by atoms with Gasteiger partial charge in [-0.25, -0.2) is 0 Å². The summed E-state index contributed by atoms with van der Waals surface area (Å²) in [6.07, 6.45) is 6.25. The number of ether oxygens (including phenoxy) is 1. The molecule has 0 saturated heterocycles. The second-order valence-corrected chi connectivity index (χ2v) is 8.02. The molecule has 0 radical (unpaired) electrons. The second-order valence-electron chi connectivity index (χ2n) is 8.02. The Morgan fingerprint density at radius 2 is 1.38 bits per heavy atom. The molecule has 0 bridgehead atoms. The topological polar surface area (TPSA) is 9.23 Å². The van der Waals surface area contributed by atoms with Crippen LogP contribution in [0.4, 0.5) is 8.78 Å². The average Bonchev–Trinajstić information content (AvgIpc) is 2.80. The molecule has 1 nitrogen and oxygen atoms in total. The Morgan fingerprint density at radius 3 is 2.09 bits per heavy atom. The lowest BCUT2D eigenvalue weighted by atomic mass is 9.97. The molecule has 0 unspecified atom stereocenters. The summed E-state index contributed by atoms with van der Waals surface area (Å²) < 4.78 is 28.9. The fraction of sp³-hybridized carbons (Fsp3) is 0.241. The van der Waals surface area contributed by atoms with E-state index >= 15 is 0 Å². The van der Waals surface area contributed by atoms with Crippen LogP contribution in [-0.4, -0.2) is 6.61 Å². The number of aryl methyl sites for hydroxylation is 1. The molecule has 0 aliphatic heterocycles. The highest BCUT2D eigenvalue weighted by atomic mass is 19.3. The van der Waals surface area contributed by atoms with E-state index in [4.69, 9.17) is 0 Å². The van der Waals surface area contributed by atoms with E-state index in [1.54, 1.807) is 12.1 Å². The van der Waals surface area contributed by atoms with E-state index < -0.39 is 6.61 Å². The number of benzene rings is 4. The van der Waals surface area contributed by atoms with Crippen LogP contribution in [-0.2, 0) is 6.42 Å². The summed E-state index contributed by atoms with van der Waals surface area (Å²) in [5.74, 6) is 6.38. The van der Waals surface area contributed by atoms with Crippen molar-refractivity contribution >= 4 is 21.5 Å². The number of alkyl halides is 2. The van der Waals surface area contributed by atoms with E-state index in [0.717, 1.165) is 22.9 Å². The number of unbranched alkanes of at least 4 members (excludes halogenated alkanes) is 3. The molecular weight excluding hydrogens is 402 g/mol. The van der Waals surface area contributed by atoms with E-state index in [1.807, 2.05) is 6.07 Å². The van der Waals surface area contributed by atoms with Gasteiger partial charge in [-0.05, 0) is 76.3 Å². The van der Waals surface area contributed by atoms with Crippen molar-refractivity contribution in [2.45, 2.75) is 45.6 Å². The Labute approximate surface area is 188 Å². The Hall–Kier alpha value is -3.38. The highest BCUT2D eigenvalue weighted by Crippen LogP contribution is 2.27. The van der Waals surface area contributed by atoms with E-state index in [-0.39, 0.29) is 5.75 Å². The molecule has 0 amide bonds. The number of hydrogen-bond donors (Lipinski definition) is 0. The molecule has 0 heterocycles. The Bertz CT molecular complexity index is 1260. The third-order valence-corrected chi connectivity index (χ3v) is 5.65. The van der Waals surface area contributed by atoms with Crippen molar-refractivity contribution in [2.24, 2.45) is 0 Å². The van der Waals surface area contributed by atoms with E-state index in [0.29, 0.717) is 0 Å². The first-order valence-corrected chi connectivity index (χ1v) is 11.1. The molecule has 0 saturated carbocycles. The first-order valence-electron chi connectivity index (χ1n) is 11.1. The molecule has 4 aromatic rings. The highest BCUT2D eigenvalue weighted by molar-refractivity contribution is 6.07. The zero-order valence-electron chi connectivity index (χ0n) is 18.2. The lowest BCUT2D eigenvalue weighted by Crippen LogP contribution is -2.01. The number of halogens is 2. The molecule has 0 fully saturated rings. The summed E-state index contributed by atoms with van der Waals surface area (Å²) >= 11 is 0. The van der Waals surface area contributed by atoms with Gasteiger partial charge in [-0.1, -0.05) is 74.4 Å². The highest BCUT2D eigenvalue weighted by Gasteiger charge is 2.04. The summed E-state index contributed by atoms with van der Waals surface area (Å²) in [6.45, 7) is -0.581. The van der Waals surface area contributed by atoms with Gasteiger partial charge >= 0.3 is 6.61 Å². The number of hydrogen-bond acceptors (Lipinski definition) is 1. The van der Waals surface area contributed by atoms with Crippen LogP contribution < -0.4 is 4.74 Å². The van der Waals surface area contributed by atoms with Gasteiger partial charge in [0, 0.05) is 11.1 Å². The van der Waals surface area contributed by atoms with Crippen LogP contribution in [0.2, 0.25) is 0 Å². The summed E-state index contributed by atoms with van der Waals surface area (Å²) in [4.78, 5) is 0. The van der Waals surface area contributed by atoms with Crippen LogP contribution in [0.25, 0.3) is 21.5 Å². The van der Waals surface area contributed by atoms with Crippen LogP contribution >= 0.6 is 0 Å². The van der Waals surface area contributed by atoms with Gasteiger partial charge < -0.3 is 4.74 Å². The van der Waals surface area contributed by atoms with Crippen LogP contribution in [0.15, 0.2) is 72.8 Å². The zero-order chi connectivity index (χ0) is 22.3. The maximum Gasteiger partial charge on any atom is 0.387 e. The predicted molar refractivity (Wildman–Crippen MR) is 128 cm³/mol. The van der Waals surface area contributed by atoms with Gasteiger partial charge in [0.05, 0.1) is 0 Å². The maximum atomic E-state index is 12.3. The molecule has 0 spiro atoms. The number of fused-ring (bicyclic) bond motifs is 3. The Kier molecular flexibility index (Phi) is 7.02. The fourth-order valence-electron chi connectivity index (χ4n) is 3.97. The van der Waals surface area contributed by atoms with Gasteiger partial charge in [0.15, 0.2) is 0 Å². The molecule has 3 heteroatoms. The third kappa shape index (κ3) is 5.45. The van der Waals surface area contributed by atoms with E-state index in [9.17, 15) is 8.78 Å². The molecule has 0 aromatic heterocycles. The normalized spacial score (nSPS) is 11.0. The van der Waals surface area contributed by atoms with Crippen LogP contribution in [0.5, 0.6) is 5.75 Å². The summed E-state index contributed by atoms with van der Waals surface area (Å²) in [7, 11) is 0. The SMILES string of the molecule is CCCCCCc1ccc2c(ccc3cc(C#Cc4ccc(OC(F)F)cc4)ccc32)c1. The van der Waals surface area contributed by atoms with Crippen LogP contribution in [0, 0.1) is 11.8 Å². The van der Waals surface area contributed by atoms with Crippen LogP contribution in [0.1, 0.15) is 49.3 Å². The average molecular weight is 429 g/mol. The van der Waals surface area contributed by atoms with Crippen molar-refractivity contribution in [1.29, 1.82) is 0 Å². The van der Waals surface area contributed by atoms with Crippen molar-refractivity contribution in [2.75, 3.05) is 0 Å². The Morgan fingerprint density at radius 1 is 0.719 bits per heavy atom. The summed E-state index contributed by atoms with van der Waals surface area (Å²) in [5, 5.41) is 4.91. The Balaban J connectivity index is 1.53. The predicted octanol–water partition coefficient (Wildman–Crippen LogP) is 8.12. The number of rotatable bonds is 7. The molecular formula is C29H26F2O. The molecule has 0 aliphatic rings. The third-order valence-electron chi connectivity index (χ3n) is 5.65. The minimum Gasteiger partial charge on any atom is -0.435 e. The van der Waals surface area contributed by atoms with E-state index in [1.165, 1.54) is 59.5 Å². The lowest BCUT2D eigenvalue weighted by Gasteiger charge is -2.07. The molecule has 4 rings (SSSR count). The van der Waals surface area contributed by atoms with Crippen molar-refractivity contribution in [3.63, 3.8) is 0 Å². The second kappa shape index (κ2) is 10.3. The van der Waals surface area contributed by atoms with Gasteiger partial charge in [-0.15, -0.1) is 0 Å². The quantitative estimate of drug-likeness (QED) is 0.164. The minimum absolute atomic E-state index is 0.132. The van der Waals surface area contributed by atoms with Crippen molar-refractivity contribution < 1.29 is 13.5 Å². The zero-order valence-corrected chi connectivity index (χ0v) is 18.2. The van der Waals surface area contributed by atoms with Gasteiger partial charge in [0.2, 0.25) is 0 Å². The fourth-order valence-corrected chi connectivity index (χ4v) is 3.97. The summed E-state index contributed by atoms with van der Waals surface area (Å²) in [5.41, 5.74) is 3.06. The standard InChI is InChI=1S/C29H26F2O/c1-2-3-4-5-6-22-11-17-27-24(19-22)13-14-25-20-23(12-18-28(25)27)8-7-21-9-15-26(16-10-21)32-29(30)31/h9-20,29H,2-6H2,1H3. The lowest BCUT2D eigenvalue weighted by molar-refractivity contribution is -0.0498. The molecule has 32 heavy (non-hydrogen) atoms. The van der Waals surface area contributed by atoms with Crippen LogP contribution in [0.3, 0.4) is 0 Å². The maximum absolute atomic E-state index is 12.3. The smallest absolute Gasteiger partial charge is 0.387 e. The summed E-state index contributed by atoms with van der Waals surface area (Å²) in [6, 6.07) is 23.8. The van der Waals surface area contributed by atoms with E-state index in [2.05, 4.69) is 66.0 Å². The molecule has 4 aromatic carbocycles. The van der Waals surface area contributed by atoms with Gasteiger partial charge in [0.1, 0.15) is 5.75 Å². The van der Waals surface area contributed by atoms with Gasteiger partial charge in [-0.2, -0.15) is 8.78 Å². The van der Waals surface area contributed by atoms with Crippen molar-refractivity contribution in [1.82, 2.24) is 0 Å². The van der Waals surface area contributed by atoms with Gasteiger partial charge in [0.25, 0.3) is 0 Å². The van der Waals surface area contributed by atoms with Crippen molar-refractivity contribution in [3.8, 4) is 17.6 Å². The molecule has 0 aliphatic carbocycles. The molecule has 0 atom stereocenters. The largest absolute Gasteiger partial charge is 0.435 e. The monoisotopic (exact) mass is 428 g/mol. The van der Waals surface area contributed by atoms with Crippen molar-refractivity contribution in [3.05, 3.63) is 89.5 Å². The molecule has 162 valence electrons. The minimum atomic E-state index is -2.82.